The van der Waals surface area contributed by atoms with Gasteiger partial charge in [0, 0.05) is 11.8 Å². The van der Waals surface area contributed by atoms with Crippen LogP contribution in [0.4, 0.5) is 0 Å². The Kier molecular flexibility index (Phi) is 5.21. The van der Waals surface area contributed by atoms with Gasteiger partial charge in [0.1, 0.15) is 5.75 Å². The third-order valence-corrected chi connectivity index (χ3v) is 2.89. The number of rotatable bonds is 5. The lowest BCUT2D eigenvalue weighted by Gasteiger charge is -2.01. The summed E-state index contributed by atoms with van der Waals surface area (Å²) in [5, 5.41) is 3.85. The molecule has 0 saturated carbocycles. The SMILES string of the molecule is COc1ccc(/C=N/NC(=O)Cc2cc(=O)[nH]c(=S)[nH]2)cc1. The quantitative estimate of drug-likeness (QED) is 0.437. The van der Waals surface area contributed by atoms with Crippen LogP contribution < -0.4 is 15.7 Å². The number of carbonyl (C=O) groups excluding carboxylic acids is 1. The lowest BCUT2D eigenvalue weighted by molar-refractivity contribution is -0.120. The van der Waals surface area contributed by atoms with Crippen molar-refractivity contribution in [2.45, 2.75) is 6.42 Å². The highest BCUT2D eigenvalue weighted by Gasteiger charge is 2.03. The Balaban J connectivity index is 1.92. The Hall–Kier alpha value is -2.74. The van der Waals surface area contributed by atoms with Crippen molar-refractivity contribution in [2.75, 3.05) is 7.11 Å². The van der Waals surface area contributed by atoms with Crippen molar-refractivity contribution >= 4 is 24.3 Å². The van der Waals surface area contributed by atoms with Gasteiger partial charge in [-0.1, -0.05) is 0 Å². The van der Waals surface area contributed by atoms with Crippen molar-refractivity contribution in [3.63, 3.8) is 0 Å². The summed E-state index contributed by atoms with van der Waals surface area (Å²) in [5.41, 5.74) is 3.27. The predicted molar refractivity (Wildman–Crippen MR) is 84.7 cm³/mol. The first-order chi connectivity index (χ1) is 10.6. The summed E-state index contributed by atoms with van der Waals surface area (Å²) >= 11 is 4.83. The molecule has 0 saturated heterocycles. The minimum Gasteiger partial charge on any atom is -0.497 e. The number of nitrogens with zero attached hydrogens (tertiary/aromatic N) is 1. The summed E-state index contributed by atoms with van der Waals surface area (Å²) in [6.45, 7) is 0. The number of methoxy groups -OCH3 is 1. The Labute approximate surface area is 131 Å². The summed E-state index contributed by atoms with van der Waals surface area (Å²) in [5.74, 6) is 0.381. The molecular formula is C14H14N4O3S. The van der Waals surface area contributed by atoms with Gasteiger partial charge in [-0.05, 0) is 42.0 Å². The fraction of sp³-hybridized carbons (Fsp3) is 0.143. The van der Waals surface area contributed by atoms with Crippen molar-refractivity contribution in [3.8, 4) is 5.75 Å². The molecule has 0 unspecified atom stereocenters. The van der Waals surface area contributed by atoms with Crippen molar-refractivity contribution in [3.05, 3.63) is 56.7 Å². The van der Waals surface area contributed by atoms with E-state index in [9.17, 15) is 9.59 Å². The molecule has 2 aromatic rings. The normalized spacial score (nSPS) is 10.6. The second-order valence-electron chi connectivity index (χ2n) is 4.36. The highest BCUT2D eigenvalue weighted by molar-refractivity contribution is 7.71. The molecule has 0 spiro atoms. The first-order valence-electron chi connectivity index (χ1n) is 6.35. The molecule has 1 aromatic heterocycles. The average molecular weight is 318 g/mol. The molecule has 1 heterocycles. The van der Waals surface area contributed by atoms with Crippen LogP contribution in [0.3, 0.4) is 0 Å². The molecule has 114 valence electrons. The van der Waals surface area contributed by atoms with Crippen molar-refractivity contribution in [1.82, 2.24) is 15.4 Å². The van der Waals surface area contributed by atoms with Gasteiger partial charge in [-0.3, -0.25) is 14.6 Å². The van der Waals surface area contributed by atoms with E-state index in [0.717, 1.165) is 11.3 Å². The van der Waals surface area contributed by atoms with Crippen LogP contribution in [0.25, 0.3) is 0 Å². The Morgan fingerprint density at radius 2 is 2.09 bits per heavy atom. The number of aromatic nitrogens is 2. The van der Waals surface area contributed by atoms with Gasteiger partial charge < -0.3 is 9.72 Å². The molecule has 0 aliphatic heterocycles. The molecule has 7 nitrogen and oxygen atoms in total. The third-order valence-electron chi connectivity index (χ3n) is 2.69. The summed E-state index contributed by atoms with van der Waals surface area (Å²) in [6.07, 6.45) is 1.49. The molecule has 8 heteroatoms. The van der Waals surface area contributed by atoms with Crippen molar-refractivity contribution in [1.29, 1.82) is 0 Å². The van der Waals surface area contributed by atoms with Crippen LogP contribution in [0.1, 0.15) is 11.3 Å². The molecule has 0 aliphatic carbocycles. The lowest BCUT2D eigenvalue weighted by Crippen LogP contribution is -2.21. The summed E-state index contributed by atoms with van der Waals surface area (Å²) < 4.78 is 5.22. The molecule has 0 fully saturated rings. The number of hydrogen-bond donors (Lipinski definition) is 3. The Morgan fingerprint density at radius 3 is 2.73 bits per heavy atom. The van der Waals surface area contributed by atoms with E-state index in [4.69, 9.17) is 17.0 Å². The van der Waals surface area contributed by atoms with E-state index in [-0.39, 0.29) is 22.7 Å². The van der Waals surface area contributed by atoms with E-state index >= 15 is 0 Å². The van der Waals surface area contributed by atoms with E-state index in [1.165, 1.54) is 12.3 Å². The van der Waals surface area contributed by atoms with Gasteiger partial charge in [0.25, 0.3) is 5.56 Å². The maximum absolute atomic E-state index is 11.7. The summed E-state index contributed by atoms with van der Waals surface area (Å²) in [6, 6.07) is 8.48. The lowest BCUT2D eigenvalue weighted by atomic mass is 10.2. The van der Waals surface area contributed by atoms with E-state index in [1.54, 1.807) is 19.2 Å². The fourth-order valence-electron chi connectivity index (χ4n) is 1.70. The first kappa shape index (κ1) is 15.6. The summed E-state index contributed by atoms with van der Waals surface area (Å²) in [7, 11) is 1.59. The molecular weight excluding hydrogens is 304 g/mol. The van der Waals surface area contributed by atoms with Crippen molar-refractivity contribution in [2.24, 2.45) is 5.10 Å². The van der Waals surface area contributed by atoms with Crippen LogP contribution in [0.15, 0.2) is 40.2 Å². The highest BCUT2D eigenvalue weighted by atomic mass is 32.1. The standard InChI is InChI=1S/C14H14N4O3S/c1-21-11-4-2-9(3-5-11)8-15-18-13(20)7-10-6-12(19)17-14(22)16-10/h2-6,8H,7H2,1H3,(H,18,20)(H2,16,17,19,22)/b15-8+. The van der Waals surface area contributed by atoms with Crippen LogP contribution in [-0.2, 0) is 11.2 Å². The van der Waals surface area contributed by atoms with Crippen LogP contribution in [0, 0.1) is 4.77 Å². The largest absolute Gasteiger partial charge is 0.497 e. The van der Waals surface area contributed by atoms with Crippen LogP contribution in [-0.4, -0.2) is 29.2 Å². The minimum absolute atomic E-state index is 0.0203. The Morgan fingerprint density at radius 1 is 1.36 bits per heavy atom. The molecule has 0 bridgehead atoms. The molecule has 0 aliphatic rings. The van der Waals surface area contributed by atoms with Crippen LogP contribution in [0.2, 0.25) is 0 Å². The molecule has 3 N–H and O–H groups in total. The second-order valence-corrected chi connectivity index (χ2v) is 4.76. The van der Waals surface area contributed by atoms with E-state index in [1.807, 2.05) is 12.1 Å². The topological polar surface area (TPSA) is 99.3 Å². The smallest absolute Gasteiger partial charge is 0.251 e. The van der Waals surface area contributed by atoms with Gasteiger partial charge in [-0.15, -0.1) is 0 Å². The number of H-pyrrole nitrogens is 2. The first-order valence-corrected chi connectivity index (χ1v) is 6.76. The van der Waals surface area contributed by atoms with Gasteiger partial charge in [-0.25, -0.2) is 5.43 Å². The second kappa shape index (κ2) is 7.32. The number of benzene rings is 1. The Bertz CT molecular complexity index is 764. The van der Waals surface area contributed by atoms with E-state index < -0.39 is 0 Å². The number of hydrazone groups is 1. The van der Waals surface area contributed by atoms with Crippen LogP contribution in [0.5, 0.6) is 5.75 Å². The molecule has 1 amide bonds. The van der Waals surface area contributed by atoms with Gasteiger partial charge in [0.2, 0.25) is 5.91 Å². The number of hydrogen-bond acceptors (Lipinski definition) is 5. The van der Waals surface area contributed by atoms with Crippen LogP contribution >= 0.6 is 12.2 Å². The van der Waals surface area contributed by atoms with Crippen molar-refractivity contribution < 1.29 is 9.53 Å². The maximum atomic E-state index is 11.7. The number of ether oxygens (including phenoxy) is 1. The third kappa shape index (κ3) is 4.67. The summed E-state index contributed by atoms with van der Waals surface area (Å²) in [4.78, 5) is 28.1. The van der Waals surface area contributed by atoms with Gasteiger partial charge in [0.05, 0.1) is 19.7 Å². The van der Waals surface area contributed by atoms with E-state index in [0.29, 0.717) is 5.69 Å². The molecule has 0 radical (unpaired) electrons. The zero-order valence-corrected chi connectivity index (χ0v) is 12.6. The molecule has 22 heavy (non-hydrogen) atoms. The van der Waals surface area contributed by atoms with Gasteiger partial charge in [-0.2, -0.15) is 5.10 Å². The van der Waals surface area contributed by atoms with Gasteiger partial charge >= 0.3 is 0 Å². The predicted octanol–water partition coefficient (Wildman–Crippen LogP) is 1.13. The number of nitrogens with one attached hydrogen (secondary N) is 3. The number of amides is 1. The fourth-order valence-corrected chi connectivity index (χ4v) is 1.93. The minimum atomic E-state index is -0.360. The maximum Gasteiger partial charge on any atom is 0.251 e. The monoisotopic (exact) mass is 318 g/mol. The average Bonchev–Trinajstić information content (AvgIpc) is 2.47. The van der Waals surface area contributed by atoms with Gasteiger partial charge in [0.15, 0.2) is 4.77 Å². The highest BCUT2D eigenvalue weighted by Crippen LogP contribution is 2.09. The number of carbonyl (C=O) groups is 1. The zero-order chi connectivity index (χ0) is 15.9. The molecule has 1 aromatic carbocycles. The number of aromatic amines is 2. The zero-order valence-electron chi connectivity index (χ0n) is 11.8. The molecule has 0 atom stereocenters. The van der Waals surface area contributed by atoms with E-state index in [2.05, 4.69) is 20.5 Å². The molecule has 2 rings (SSSR count).